The van der Waals surface area contributed by atoms with Crippen molar-refractivity contribution < 1.29 is 9.63 Å². The maximum Gasteiger partial charge on any atom is 0.338 e. The molecule has 0 saturated heterocycles. The van der Waals surface area contributed by atoms with Crippen LogP contribution < -0.4 is 5.73 Å². The molecule has 2 N–H and O–H groups in total. The number of hydrogen-bond acceptors (Lipinski definition) is 3. The van der Waals surface area contributed by atoms with E-state index < -0.39 is 0 Å². The van der Waals surface area contributed by atoms with Gasteiger partial charge in [0.2, 0.25) is 0 Å². The van der Waals surface area contributed by atoms with Crippen molar-refractivity contribution >= 4 is 11.8 Å². The fourth-order valence-electron chi connectivity index (χ4n) is 0.511. The van der Waals surface area contributed by atoms with Crippen molar-refractivity contribution in [1.29, 1.82) is 0 Å². The van der Waals surface area contributed by atoms with E-state index in [1.807, 2.05) is 0 Å². The summed E-state index contributed by atoms with van der Waals surface area (Å²) in [6.07, 6.45) is 1.86. The average Bonchev–Trinajstić information content (AvgIpc) is 2.63. The van der Waals surface area contributed by atoms with Crippen LogP contribution in [0.4, 0.5) is 0 Å². The minimum absolute atomic E-state index is 0.0862. The van der Waals surface area contributed by atoms with Crippen molar-refractivity contribution in [3.8, 4) is 0 Å². The van der Waals surface area contributed by atoms with Gasteiger partial charge in [0.15, 0.2) is 0 Å². The zero-order chi connectivity index (χ0) is 7.56. The zero-order valence-electron chi connectivity index (χ0n) is 5.83. The van der Waals surface area contributed by atoms with Crippen LogP contribution in [0.3, 0.4) is 0 Å². The number of oxime groups is 1. The highest BCUT2D eigenvalue weighted by Gasteiger charge is 2.31. The number of carbonyl (C=O) groups excluding carboxylic acids is 1. The monoisotopic (exact) mass is 142 g/mol. The molecule has 0 aliphatic heterocycles. The van der Waals surface area contributed by atoms with Crippen LogP contribution in [0.2, 0.25) is 0 Å². The maximum absolute atomic E-state index is 10.7. The molecule has 0 radical (unpaired) electrons. The fraction of sp³-hybridized carbons (Fsp3) is 0.667. The first kappa shape index (κ1) is 7.05. The first-order valence-corrected chi connectivity index (χ1v) is 3.21. The summed E-state index contributed by atoms with van der Waals surface area (Å²) in [5, 5.41) is 3.33. The van der Waals surface area contributed by atoms with Crippen LogP contribution in [0.25, 0.3) is 0 Å². The molecule has 4 heteroatoms. The van der Waals surface area contributed by atoms with Crippen molar-refractivity contribution in [2.75, 3.05) is 0 Å². The van der Waals surface area contributed by atoms with Gasteiger partial charge in [0, 0.05) is 0 Å². The smallest absolute Gasteiger partial charge is 0.338 e. The van der Waals surface area contributed by atoms with Gasteiger partial charge in [-0.25, -0.2) is 4.79 Å². The summed E-state index contributed by atoms with van der Waals surface area (Å²) >= 11 is 0. The molecule has 0 atom stereocenters. The Morgan fingerprint density at radius 3 is 2.70 bits per heavy atom. The lowest BCUT2D eigenvalue weighted by molar-refractivity contribution is -0.145. The first-order valence-electron chi connectivity index (χ1n) is 3.21. The molecule has 4 nitrogen and oxygen atoms in total. The lowest BCUT2D eigenvalue weighted by Gasteiger charge is -1.92. The highest BCUT2D eigenvalue weighted by Crippen LogP contribution is 2.29. The summed E-state index contributed by atoms with van der Waals surface area (Å²) < 4.78 is 0. The Morgan fingerprint density at radius 2 is 2.30 bits per heavy atom. The van der Waals surface area contributed by atoms with E-state index in [4.69, 9.17) is 5.73 Å². The molecule has 0 amide bonds. The number of amidine groups is 1. The third-order valence-electron chi connectivity index (χ3n) is 1.19. The number of nitrogens with two attached hydrogens (primary N) is 1. The minimum atomic E-state index is -0.259. The van der Waals surface area contributed by atoms with E-state index in [1.165, 1.54) is 0 Å². The third kappa shape index (κ3) is 2.05. The molecule has 1 saturated carbocycles. The van der Waals surface area contributed by atoms with Gasteiger partial charge in [-0.3, -0.25) is 0 Å². The third-order valence-corrected chi connectivity index (χ3v) is 1.19. The molecule has 1 rings (SSSR count). The van der Waals surface area contributed by atoms with Gasteiger partial charge in [-0.2, -0.15) is 0 Å². The molecule has 0 aromatic heterocycles. The normalized spacial score (nSPS) is 18.7. The molecule has 56 valence electrons. The van der Waals surface area contributed by atoms with Crippen LogP contribution in [0.5, 0.6) is 0 Å². The topological polar surface area (TPSA) is 64.7 Å². The summed E-state index contributed by atoms with van der Waals surface area (Å²) in [5.41, 5.74) is 5.13. The standard InChI is InChI=1S/C6H10N2O2/c1-4(7)8-10-6(9)5-2-3-5/h5H,2-3H2,1H3,(H2,7,8). The van der Waals surface area contributed by atoms with E-state index in [-0.39, 0.29) is 17.7 Å². The van der Waals surface area contributed by atoms with Gasteiger partial charge in [-0.15, -0.1) is 0 Å². The largest absolute Gasteiger partial charge is 0.385 e. The van der Waals surface area contributed by atoms with Crippen molar-refractivity contribution in [3.05, 3.63) is 0 Å². The molecule has 1 fully saturated rings. The Labute approximate surface area is 59.0 Å². The summed E-state index contributed by atoms with van der Waals surface area (Å²) in [4.78, 5) is 15.2. The summed E-state index contributed by atoms with van der Waals surface area (Å²) in [5.74, 6) is 0.0990. The lowest BCUT2D eigenvalue weighted by Crippen LogP contribution is -2.09. The molecule has 0 aromatic carbocycles. The van der Waals surface area contributed by atoms with Crippen LogP contribution in [0.1, 0.15) is 19.8 Å². The average molecular weight is 142 g/mol. The molecule has 0 bridgehead atoms. The van der Waals surface area contributed by atoms with Gasteiger partial charge in [0.25, 0.3) is 0 Å². The summed E-state index contributed by atoms with van der Waals surface area (Å²) in [7, 11) is 0. The van der Waals surface area contributed by atoms with Crippen molar-refractivity contribution in [2.24, 2.45) is 16.8 Å². The van der Waals surface area contributed by atoms with Gasteiger partial charge in [-0.05, 0) is 19.8 Å². The Kier molecular flexibility index (Phi) is 1.89. The SMILES string of the molecule is CC(N)=NOC(=O)C1CC1. The van der Waals surface area contributed by atoms with Crippen molar-refractivity contribution in [3.63, 3.8) is 0 Å². The van der Waals surface area contributed by atoms with Crippen LogP contribution in [0.15, 0.2) is 5.16 Å². The van der Waals surface area contributed by atoms with Crippen LogP contribution in [-0.2, 0) is 9.63 Å². The maximum atomic E-state index is 10.7. The summed E-state index contributed by atoms with van der Waals surface area (Å²) in [6, 6.07) is 0. The van der Waals surface area contributed by atoms with Crippen molar-refractivity contribution in [1.82, 2.24) is 0 Å². The quantitative estimate of drug-likeness (QED) is 0.260. The molecule has 1 aliphatic rings. The lowest BCUT2D eigenvalue weighted by atomic mass is 10.4. The van der Waals surface area contributed by atoms with Gasteiger partial charge in [0.1, 0.15) is 5.84 Å². The van der Waals surface area contributed by atoms with Crippen molar-refractivity contribution in [2.45, 2.75) is 19.8 Å². The van der Waals surface area contributed by atoms with Gasteiger partial charge < -0.3 is 10.6 Å². The molecular weight excluding hydrogens is 132 g/mol. The molecule has 1 aliphatic carbocycles. The van der Waals surface area contributed by atoms with Crippen LogP contribution in [-0.4, -0.2) is 11.8 Å². The van der Waals surface area contributed by atoms with Crippen LogP contribution >= 0.6 is 0 Å². The minimum Gasteiger partial charge on any atom is -0.385 e. The second-order valence-electron chi connectivity index (χ2n) is 2.42. The number of hydrogen-bond donors (Lipinski definition) is 1. The van der Waals surface area contributed by atoms with Gasteiger partial charge in [0.05, 0.1) is 5.92 Å². The Morgan fingerprint density at radius 1 is 1.70 bits per heavy atom. The second-order valence-corrected chi connectivity index (χ2v) is 2.42. The fourth-order valence-corrected chi connectivity index (χ4v) is 0.511. The van der Waals surface area contributed by atoms with E-state index >= 15 is 0 Å². The molecular formula is C6H10N2O2. The van der Waals surface area contributed by atoms with E-state index in [9.17, 15) is 4.79 Å². The van der Waals surface area contributed by atoms with E-state index in [1.54, 1.807) is 6.92 Å². The zero-order valence-corrected chi connectivity index (χ0v) is 5.83. The van der Waals surface area contributed by atoms with Crippen LogP contribution in [0, 0.1) is 5.92 Å². The predicted octanol–water partition coefficient (Wildman–Crippen LogP) is 0.232. The predicted molar refractivity (Wildman–Crippen MR) is 36.1 cm³/mol. The number of rotatable bonds is 2. The molecule has 0 unspecified atom stereocenters. The molecule has 0 aromatic rings. The van der Waals surface area contributed by atoms with Gasteiger partial charge >= 0.3 is 5.97 Å². The highest BCUT2D eigenvalue weighted by atomic mass is 16.7. The molecule has 0 heterocycles. The first-order chi connectivity index (χ1) is 4.70. The molecule has 0 spiro atoms. The summed E-state index contributed by atoms with van der Waals surface area (Å²) in [6.45, 7) is 1.57. The Bertz CT molecular complexity index is 169. The highest BCUT2D eigenvalue weighted by molar-refractivity contribution is 5.79. The van der Waals surface area contributed by atoms with E-state index in [0.29, 0.717) is 0 Å². The van der Waals surface area contributed by atoms with Gasteiger partial charge in [-0.1, -0.05) is 5.16 Å². The second kappa shape index (κ2) is 2.68. The van der Waals surface area contributed by atoms with E-state index in [0.717, 1.165) is 12.8 Å². The molecule has 10 heavy (non-hydrogen) atoms. The number of carbonyl (C=O) groups is 1. The number of nitrogens with zero attached hydrogens (tertiary/aromatic N) is 1. The Hall–Kier alpha value is -1.06. The van der Waals surface area contributed by atoms with E-state index in [2.05, 4.69) is 9.99 Å². The Balaban J connectivity index is 2.24.